The first-order valence-corrected chi connectivity index (χ1v) is 10.7. The van der Waals surface area contributed by atoms with Crippen LogP contribution in [0.15, 0.2) is 85.1 Å². The number of amides is 1. The standard InChI is InChI=1S/C26H24N4O4/c1-28(17-19-8-14-24(34-2)15-9-19)25(31)16-21-18-29(22-6-4-3-5-7-22)27-26(21)20-10-12-23(13-11-20)30(32)33/h3-15,18H,16-17H2,1-2H3. The number of benzene rings is 3. The van der Waals surface area contributed by atoms with Gasteiger partial charge in [-0.05, 0) is 42.0 Å². The molecule has 172 valence electrons. The van der Waals surface area contributed by atoms with E-state index in [0.717, 1.165) is 22.6 Å². The van der Waals surface area contributed by atoms with E-state index < -0.39 is 4.92 Å². The number of carbonyl (C=O) groups is 1. The lowest BCUT2D eigenvalue weighted by molar-refractivity contribution is -0.384. The quantitative estimate of drug-likeness (QED) is 0.284. The predicted molar refractivity (Wildman–Crippen MR) is 129 cm³/mol. The van der Waals surface area contributed by atoms with Crippen LogP contribution in [0, 0.1) is 10.1 Å². The van der Waals surface area contributed by atoms with Gasteiger partial charge in [0.1, 0.15) is 5.75 Å². The second kappa shape index (κ2) is 9.99. The maximum absolute atomic E-state index is 13.1. The number of nitro groups is 1. The molecule has 1 aromatic heterocycles. The molecule has 0 aliphatic heterocycles. The van der Waals surface area contributed by atoms with Crippen LogP contribution in [-0.4, -0.2) is 39.7 Å². The van der Waals surface area contributed by atoms with Gasteiger partial charge in [0.2, 0.25) is 5.91 Å². The fourth-order valence-electron chi connectivity index (χ4n) is 3.63. The highest BCUT2D eigenvalue weighted by molar-refractivity contribution is 5.81. The maximum Gasteiger partial charge on any atom is 0.269 e. The average Bonchev–Trinajstić information content (AvgIpc) is 3.28. The van der Waals surface area contributed by atoms with Gasteiger partial charge in [-0.1, -0.05) is 30.3 Å². The van der Waals surface area contributed by atoms with Crippen molar-refractivity contribution in [2.24, 2.45) is 0 Å². The van der Waals surface area contributed by atoms with Crippen LogP contribution in [0.25, 0.3) is 16.9 Å². The Kier molecular flexibility index (Phi) is 6.68. The zero-order chi connectivity index (χ0) is 24.1. The van der Waals surface area contributed by atoms with Crippen molar-refractivity contribution in [3.63, 3.8) is 0 Å². The van der Waals surface area contributed by atoms with Crippen LogP contribution >= 0.6 is 0 Å². The van der Waals surface area contributed by atoms with Crippen molar-refractivity contribution in [3.8, 4) is 22.7 Å². The highest BCUT2D eigenvalue weighted by Gasteiger charge is 2.19. The predicted octanol–water partition coefficient (Wildman–Crippen LogP) is 4.66. The number of para-hydroxylation sites is 1. The molecule has 0 N–H and O–H groups in total. The number of ether oxygens (including phenoxy) is 1. The largest absolute Gasteiger partial charge is 0.497 e. The Morgan fingerprint density at radius 1 is 1.03 bits per heavy atom. The van der Waals surface area contributed by atoms with E-state index in [-0.39, 0.29) is 18.0 Å². The van der Waals surface area contributed by atoms with Crippen molar-refractivity contribution in [1.82, 2.24) is 14.7 Å². The van der Waals surface area contributed by atoms with Gasteiger partial charge in [0.15, 0.2) is 0 Å². The van der Waals surface area contributed by atoms with Gasteiger partial charge in [-0.2, -0.15) is 5.10 Å². The molecule has 1 heterocycles. The molecule has 0 radical (unpaired) electrons. The Morgan fingerprint density at radius 2 is 1.71 bits per heavy atom. The summed E-state index contributed by atoms with van der Waals surface area (Å²) in [6.45, 7) is 0.461. The van der Waals surface area contributed by atoms with Gasteiger partial charge < -0.3 is 9.64 Å². The molecular weight excluding hydrogens is 432 g/mol. The van der Waals surface area contributed by atoms with E-state index in [2.05, 4.69) is 0 Å². The third-order valence-electron chi connectivity index (χ3n) is 5.51. The van der Waals surface area contributed by atoms with Gasteiger partial charge in [0, 0.05) is 43.0 Å². The fourth-order valence-corrected chi connectivity index (χ4v) is 3.63. The summed E-state index contributed by atoms with van der Waals surface area (Å²) in [7, 11) is 3.38. The molecule has 4 rings (SSSR count). The number of nitro benzene ring substituents is 1. The topological polar surface area (TPSA) is 90.5 Å². The molecule has 0 atom stereocenters. The number of likely N-dealkylation sites (N-methyl/N-ethyl adjacent to an activating group) is 1. The molecule has 0 bridgehead atoms. The number of hydrogen-bond donors (Lipinski definition) is 0. The Morgan fingerprint density at radius 3 is 2.32 bits per heavy atom. The van der Waals surface area contributed by atoms with E-state index in [1.54, 1.807) is 35.9 Å². The van der Waals surface area contributed by atoms with E-state index in [1.165, 1.54) is 12.1 Å². The van der Waals surface area contributed by atoms with E-state index in [9.17, 15) is 14.9 Å². The lowest BCUT2D eigenvalue weighted by atomic mass is 10.0. The van der Waals surface area contributed by atoms with E-state index in [1.807, 2.05) is 60.8 Å². The molecule has 1 amide bonds. The van der Waals surface area contributed by atoms with Crippen LogP contribution in [0.1, 0.15) is 11.1 Å². The smallest absolute Gasteiger partial charge is 0.269 e. The number of hydrogen-bond acceptors (Lipinski definition) is 5. The molecule has 4 aromatic rings. The summed E-state index contributed by atoms with van der Waals surface area (Å²) >= 11 is 0. The second-order valence-electron chi connectivity index (χ2n) is 7.86. The van der Waals surface area contributed by atoms with Gasteiger partial charge in [-0.3, -0.25) is 14.9 Å². The van der Waals surface area contributed by atoms with Crippen LogP contribution in [-0.2, 0) is 17.8 Å². The molecule has 34 heavy (non-hydrogen) atoms. The third kappa shape index (κ3) is 5.12. The lowest BCUT2D eigenvalue weighted by Crippen LogP contribution is -2.27. The fraction of sp³-hybridized carbons (Fsp3) is 0.154. The van der Waals surface area contributed by atoms with Crippen LogP contribution in [0.4, 0.5) is 5.69 Å². The van der Waals surface area contributed by atoms with Gasteiger partial charge in [0.05, 0.1) is 29.8 Å². The molecule has 0 aliphatic carbocycles. The minimum Gasteiger partial charge on any atom is -0.497 e. The normalized spacial score (nSPS) is 10.6. The van der Waals surface area contributed by atoms with Gasteiger partial charge in [-0.15, -0.1) is 0 Å². The summed E-state index contributed by atoms with van der Waals surface area (Å²) in [5.41, 5.74) is 3.92. The minimum atomic E-state index is -0.440. The molecule has 0 fully saturated rings. The third-order valence-corrected chi connectivity index (χ3v) is 5.51. The monoisotopic (exact) mass is 456 g/mol. The van der Waals surface area contributed by atoms with Crippen molar-refractivity contribution in [2.75, 3.05) is 14.2 Å². The number of non-ortho nitro benzene ring substituents is 1. The van der Waals surface area contributed by atoms with Crippen molar-refractivity contribution < 1.29 is 14.5 Å². The summed E-state index contributed by atoms with van der Waals surface area (Å²) in [5.74, 6) is 0.699. The van der Waals surface area contributed by atoms with E-state index in [0.29, 0.717) is 17.8 Å². The minimum absolute atomic E-state index is 0.00286. The summed E-state index contributed by atoms with van der Waals surface area (Å²) in [6.07, 6.45) is 1.98. The van der Waals surface area contributed by atoms with Crippen molar-refractivity contribution in [1.29, 1.82) is 0 Å². The SMILES string of the molecule is COc1ccc(CN(C)C(=O)Cc2cn(-c3ccccc3)nc2-c2ccc([N+](=O)[O-])cc2)cc1. The number of aromatic nitrogens is 2. The van der Waals surface area contributed by atoms with Crippen LogP contribution < -0.4 is 4.74 Å². The molecule has 8 heteroatoms. The zero-order valence-corrected chi connectivity index (χ0v) is 18.9. The molecular formula is C26H24N4O4. The maximum atomic E-state index is 13.1. The first-order valence-electron chi connectivity index (χ1n) is 10.7. The Hall–Kier alpha value is -4.46. The Labute approximate surface area is 197 Å². The average molecular weight is 457 g/mol. The van der Waals surface area contributed by atoms with Crippen molar-refractivity contribution in [3.05, 3.63) is 106 Å². The molecule has 0 unspecified atom stereocenters. The summed E-state index contributed by atoms with van der Waals surface area (Å²) in [6, 6.07) is 23.4. The lowest BCUT2D eigenvalue weighted by Gasteiger charge is -2.17. The number of rotatable bonds is 8. The zero-order valence-electron chi connectivity index (χ0n) is 18.9. The highest BCUT2D eigenvalue weighted by Crippen LogP contribution is 2.27. The molecule has 0 aliphatic rings. The molecule has 0 saturated heterocycles. The Balaban J connectivity index is 1.60. The van der Waals surface area contributed by atoms with Crippen molar-refractivity contribution in [2.45, 2.75) is 13.0 Å². The van der Waals surface area contributed by atoms with Gasteiger partial charge in [-0.25, -0.2) is 4.68 Å². The van der Waals surface area contributed by atoms with E-state index >= 15 is 0 Å². The number of carbonyl (C=O) groups excluding carboxylic acids is 1. The first kappa shape index (κ1) is 22.7. The molecule has 8 nitrogen and oxygen atoms in total. The second-order valence-corrected chi connectivity index (χ2v) is 7.86. The summed E-state index contributed by atoms with van der Waals surface area (Å²) < 4.78 is 6.91. The van der Waals surface area contributed by atoms with Crippen LogP contribution in [0.5, 0.6) is 5.75 Å². The summed E-state index contributed by atoms with van der Waals surface area (Å²) in [4.78, 5) is 25.4. The van der Waals surface area contributed by atoms with Gasteiger partial charge in [0.25, 0.3) is 5.69 Å². The van der Waals surface area contributed by atoms with E-state index in [4.69, 9.17) is 9.84 Å². The van der Waals surface area contributed by atoms with Gasteiger partial charge >= 0.3 is 0 Å². The van der Waals surface area contributed by atoms with Crippen LogP contribution in [0.3, 0.4) is 0 Å². The molecule has 0 spiro atoms. The highest BCUT2D eigenvalue weighted by atomic mass is 16.6. The first-order chi connectivity index (χ1) is 16.4. The van der Waals surface area contributed by atoms with Crippen LogP contribution in [0.2, 0.25) is 0 Å². The number of methoxy groups -OCH3 is 1. The molecule has 3 aromatic carbocycles. The molecule has 0 saturated carbocycles. The number of nitrogens with zero attached hydrogens (tertiary/aromatic N) is 4. The summed E-state index contributed by atoms with van der Waals surface area (Å²) in [5, 5.41) is 15.7. The van der Waals surface area contributed by atoms with Crippen molar-refractivity contribution >= 4 is 11.6 Å². The Bertz CT molecular complexity index is 1280.